The number of rotatable bonds is 4. The maximum absolute atomic E-state index is 13.2. The van der Waals surface area contributed by atoms with Crippen molar-refractivity contribution in [1.29, 1.82) is 0 Å². The average Bonchev–Trinajstić information content (AvgIpc) is 2.69. The lowest BCUT2D eigenvalue weighted by Crippen LogP contribution is -2.10. The molecule has 0 spiro atoms. The van der Waals surface area contributed by atoms with Crippen molar-refractivity contribution >= 4 is 16.6 Å². The molecule has 0 aliphatic rings. The highest BCUT2D eigenvalue weighted by Gasteiger charge is 2.11. The standard InChI is InChI=1S/C21H18FN5.H3N/c1-13-3-9-19(27-25-13)14(2)24-21-12-23-26-20-10-6-16(11-18(20)21)15-4-7-17(22)8-5-15;/h3-12,14H,1-2H3,(H,24,26);1H3/t14-;/m1./s1. The van der Waals surface area contributed by atoms with Gasteiger partial charge < -0.3 is 11.5 Å². The Labute approximate surface area is 162 Å². The van der Waals surface area contributed by atoms with Crippen LogP contribution in [0.5, 0.6) is 0 Å². The maximum atomic E-state index is 13.2. The van der Waals surface area contributed by atoms with Crippen LogP contribution in [-0.2, 0) is 0 Å². The van der Waals surface area contributed by atoms with E-state index < -0.39 is 0 Å². The second-order valence-corrected chi connectivity index (χ2v) is 6.46. The van der Waals surface area contributed by atoms with Crippen molar-refractivity contribution in [2.45, 2.75) is 19.9 Å². The van der Waals surface area contributed by atoms with Gasteiger partial charge in [-0.15, -0.1) is 0 Å². The zero-order valence-corrected chi connectivity index (χ0v) is 15.7. The molecular formula is C21H21FN6. The van der Waals surface area contributed by atoms with Gasteiger partial charge in [-0.1, -0.05) is 18.2 Å². The fourth-order valence-corrected chi connectivity index (χ4v) is 2.94. The van der Waals surface area contributed by atoms with Crippen LogP contribution in [0.15, 0.2) is 60.8 Å². The van der Waals surface area contributed by atoms with Gasteiger partial charge in [0.25, 0.3) is 0 Å². The lowest BCUT2D eigenvalue weighted by molar-refractivity contribution is 0.628. The Morgan fingerprint density at radius 2 is 1.64 bits per heavy atom. The van der Waals surface area contributed by atoms with E-state index in [1.165, 1.54) is 12.1 Å². The van der Waals surface area contributed by atoms with Gasteiger partial charge in [-0.2, -0.15) is 20.4 Å². The molecule has 0 aliphatic carbocycles. The lowest BCUT2D eigenvalue weighted by Gasteiger charge is -2.16. The minimum atomic E-state index is -0.249. The summed E-state index contributed by atoms with van der Waals surface area (Å²) in [6.45, 7) is 3.93. The molecule has 4 aromatic rings. The van der Waals surface area contributed by atoms with Gasteiger partial charge in [-0.3, -0.25) is 0 Å². The van der Waals surface area contributed by atoms with Crippen LogP contribution in [0, 0.1) is 12.7 Å². The van der Waals surface area contributed by atoms with E-state index in [0.717, 1.165) is 39.1 Å². The third kappa shape index (κ3) is 3.94. The van der Waals surface area contributed by atoms with Gasteiger partial charge >= 0.3 is 0 Å². The monoisotopic (exact) mass is 376 g/mol. The number of nitrogens with one attached hydrogen (secondary N) is 1. The Morgan fingerprint density at radius 3 is 2.36 bits per heavy atom. The first-order valence-electron chi connectivity index (χ1n) is 8.68. The molecule has 142 valence electrons. The summed E-state index contributed by atoms with van der Waals surface area (Å²) in [6.07, 6.45) is 1.70. The molecule has 2 aromatic carbocycles. The Balaban J connectivity index is 0.00000225. The Hall–Kier alpha value is -3.45. The molecule has 4 N–H and O–H groups in total. The van der Waals surface area contributed by atoms with E-state index in [4.69, 9.17) is 0 Å². The van der Waals surface area contributed by atoms with Gasteiger partial charge in [0.05, 0.1) is 34.8 Å². The van der Waals surface area contributed by atoms with E-state index in [1.807, 2.05) is 44.2 Å². The highest BCUT2D eigenvalue weighted by molar-refractivity contribution is 5.93. The van der Waals surface area contributed by atoms with E-state index in [0.29, 0.717) is 0 Å². The third-order valence-electron chi connectivity index (χ3n) is 4.45. The van der Waals surface area contributed by atoms with Crippen LogP contribution in [0.1, 0.15) is 24.4 Å². The molecule has 0 saturated heterocycles. The average molecular weight is 376 g/mol. The van der Waals surface area contributed by atoms with Crippen LogP contribution < -0.4 is 11.5 Å². The zero-order chi connectivity index (χ0) is 18.8. The van der Waals surface area contributed by atoms with Gasteiger partial charge in [0.2, 0.25) is 0 Å². The first-order valence-corrected chi connectivity index (χ1v) is 8.68. The van der Waals surface area contributed by atoms with Gasteiger partial charge in [-0.25, -0.2) is 4.39 Å². The highest BCUT2D eigenvalue weighted by Crippen LogP contribution is 2.29. The summed E-state index contributed by atoms with van der Waals surface area (Å²) in [5.41, 5.74) is 5.30. The van der Waals surface area contributed by atoms with Gasteiger partial charge in [0.1, 0.15) is 5.82 Å². The SMILES string of the molecule is Cc1ccc([C@@H](C)Nc2cnnc3ccc(-c4ccc(F)cc4)cc23)nn1.N. The summed E-state index contributed by atoms with van der Waals surface area (Å²) in [4.78, 5) is 0. The minimum Gasteiger partial charge on any atom is -0.375 e. The minimum absolute atomic E-state index is 0. The molecular weight excluding hydrogens is 355 g/mol. The van der Waals surface area contributed by atoms with Crippen molar-refractivity contribution in [1.82, 2.24) is 26.5 Å². The molecule has 0 fully saturated rings. The van der Waals surface area contributed by atoms with Gasteiger partial charge in [0.15, 0.2) is 0 Å². The van der Waals surface area contributed by atoms with E-state index in [9.17, 15) is 4.39 Å². The number of hydrogen-bond acceptors (Lipinski definition) is 6. The molecule has 0 aliphatic heterocycles. The third-order valence-corrected chi connectivity index (χ3v) is 4.45. The van der Waals surface area contributed by atoms with E-state index in [1.54, 1.807) is 18.3 Å². The van der Waals surface area contributed by atoms with Gasteiger partial charge in [0, 0.05) is 5.39 Å². The number of hydrogen-bond donors (Lipinski definition) is 2. The molecule has 1 atom stereocenters. The number of fused-ring (bicyclic) bond motifs is 1. The molecule has 6 nitrogen and oxygen atoms in total. The number of aromatic nitrogens is 4. The number of halogens is 1. The fourth-order valence-electron chi connectivity index (χ4n) is 2.94. The summed E-state index contributed by atoms with van der Waals surface area (Å²) in [6, 6.07) is 16.2. The number of anilines is 1. The van der Waals surface area contributed by atoms with Crippen LogP contribution >= 0.6 is 0 Å². The smallest absolute Gasteiger partial charge is 0.123 e. The highest BCUT2D eigenvalue weighted by atomic mass is 19.1. The zero-order valence-electron chi connectivity index (χ0n) is 15.7. The first kappa shape index (κ1) is 19.3. The fraction of sp³-hybridized carbons (Fsp3) is 0.143. The van der Waals surface area contributed by atoms with Crippen molar-refractivity contribution < 1.29 is 4.39 Å². The maximum Gasteiger partial charge on any atom is 0.123 e. The van der Waals surface area contributed by atoms with Crippen LogP contribution in [0.3, 0.4) is 0 Å². The molecule has 0 bridgehead atoms. The summed E-state index contributed by atoms with van der Waals surface area (Å²) >= 11 is 0. The molecule has 7 heteroatoms. The van der Waals surface area contributed by atoms with Crippen LogP contribution in [0.4, 0.5) is 10.1 Å². The Kier molecular flexibility index (Phi) is 5.56. The lowest BCUT2D eigenvalue weighted by atomic mass is 10.0. The Morgan fingerprint density at radius 1 is 0.893 bits per heavy atom. The molecule has 0 radical (unpaired) electrons. The van der Waals surface area contributed by atoms with E-state index >= 15 is 0 Å². The topological polar surface area (TPSA) is 98.6 Å². The van der Waals surface area contributed by atoms with Crippen LogP contribution in [0.2, 0.25) is 0 Å². The predicted molar refractivity (Wildman–Crippen MR) is 109 cm³/mol. The number of benzene rings is 2. The van der Waals surface area contributed by atoms with Gasteiger partial charge in [-0.05, 0) is 61.4 Å². The van der Waals surface area contributed by atoms with Crippen molar-refractivity contribution in [3.63, 3.8) is 0 Å². The molecule has 0 amide bonds. The molecule has 0 unspecified atom stereocenters. The van der Waals surface area contributed by atoms with Crippen molar-refractivity contribution in [3.05, 3.63) is 78.0 Å². The molecule has 2 aromatic heterocycles. The van der Waals surface area contributed by atoms with E-state index in [2.05, 4.69) is 25.7 Å². The summed E-state index contributed by atoms with van der Waals surface area (Å²) in [5.74, 6) is -0.249. The molecule has 4 rings (SSSR count). The van der Waals surface area contributed by atoms with Crippen molar-refractivity contribution in [2.75, 3.05) is 5.32 Å². The second-order valence-electron chi connectivity index (χ2n) is 6.46. The van der Waals surface area contributed by atoms with Crippen LogP contribution in [0.25, 0.3) is 22.0 Å². The quantitative estimate of drug-likeness (QED) is 0.527. The summed E-state index contributed by atoms with van der Waals surface area (Å²) in [7, 11) is 0. The number of nitrogens with zero attached hydrogens (tertiary/aromatic N) is 4. The van der Waals surface area contributed by atoms with Crippen molar-refractivity contribution in [3.8, 4) is 11.1 Å². The predicted octanol–water partition coefficient (Wildman–Crippen LogP) is 4.87. The molecule has 0 saturated carbocycles. The summed E-state index contributed by atoms with van der Waals surface area (Å²) < 4.78 is 13.2. The number of aryl methyl sites for hydroxylation is 1. The largest absolute Gasteiger partial charge is 0.375 e. The molecule has 28 heavy (non-hydrogen) atoms. The summed E-state index contributed by atoms with van der Waals surface area (Å²) in [5, 5.41) is 21.0. The van der Waals surface area contributed by atoms with E-state index in [-0.39, 0.29) is 18.0 Å². The second kappa shape index (κ2) is 8.06. The Bertz CT molecular complexity index is 1080. The normalized spacial score (nSPS) is 11.7. The molecule has 2 heterocycles. The van der Waals surface area contributed by atoms with Crippen LogP contribution in [-0.4, -0.2) is 20.4 Å². The van der Waals surface area contributed by atoms with Crippen molar-refractivity contribution in [2.24, 2.45) is 0 Å². The first-order chi connectivity index (χ1) is 13.1.